The molecule has 2 unspecified atom stereocenters. The summed E-state index contributed by atoms with van der Waals surface area (Å²) in [6, 6.07) is 2.62. The average molecular weight is 499 g/mol. The molecule has 2 bridgehead atoms. The van der Waals surface area contributed by atoms with Gasteiger partial charge in [-0.25, -0.2) is 0 Å². The van der Waals surface area contributed by atoms with Crippen molar-refractivity contribution in [3.05, 3.63) is 71.1 Å². The second-order valence-corrected chi connectivity index (χ2v) is 13.6. The highest BCUT2D eigenvalue weighted by atomic mass is 16.5. The lowest BCUT2D eigenvalue weighted by molar-refractivity contribution is -0.158. The monoisotopic (exact) mass is 498 g/mol. The van der Waals surface area contributed by atoms with Gasteiger partial charge in [-0.3, -0.25) is 9.88 Å². The van der Waals surface area contributed by atoms with Crippen molar-refractivity contribution in [3.8, 4) is 0 Å². The Balaban J connectivity index is 1.15. The fourth-order valence-corrected chi connectivity index (χ4v) is 9.37. The van der Waals surface area contributed by atoms with Gasteiger partial charge in [0.2, 0.25) is 0 Å². The van der Waals surface area contributed by atoms with E-state index in [9.17, 15) is 5.11 Å². The van der Waals surface area contributed by atoms with E-state index < -0.39 is 5.60 Å². The van der Waals surface area contributed by atoms with Crippen molar-refractivity contribution < 1.29 is 9.84 Å². The highest BCUT2D eigenvalue weighted by Gasteiger charge is 2.66. The molecule has 37 heavy (non-hydrogen) atoms. The van der Waals surface area contributed by atoms with E-state index >= 15 is 0 Å². The van der Waals surface area contributed by atoms with E-state index in [1.54, 1.807) is 5.57 Å². The summed E-state index contributed by atoms with van der Waals surface area (Å²) in [5.41, 5.74) is 6.18. The number of fused-ring (bicyclic) bond motifs is 1. The van der Waals surface area contributed by atoms with Crippen LogP contribution in [0.5, 0.6) is 0 Å². The van der Waals surface area contributed by atoms with Gasteiger partial charge >= 0.3 is 0 Å². The number of hydrogen-bond donors (Lipinski definition) is 1. The molecule has 3 aliphatic carbocycles. The maximum absolute atomic E-state index is 10.3. The molecule has 1 N–H and O–H groups in total. The molecule has 4 heterocycles. The molecule has 4 heteroatoms. The van der Waals surface area contributed by atoms with Crippen LogP contribution in [0.2, 0.25) is 0 Å². The Morgan fingerprint density at radius 2 is 2.05 bits per heavy atom. The van der Waals surface area contributed by atoms with Crippen LogP contribution < -0.4 is 0 Å². The fraction of sp³-hybridized carbons (Fsp3) is 0.606. The topological polar surface area (TPSA) is 45.6 Å². The first-order valence-electron chi connectivity index (χ1n) is 14.5. The van der Waals surface area contributed by atoms with Gasteiger partial charge in [0, 0.05) is 31.5 Å². The van der Waals surface area contributed by atoms with Crippen molar-refractivity contribution in [2.24, 2.45) is 17.3 Å². The number of allylic oxidation sites excluding steroid dienone is 3. The Hall–Kier alpha value is -2.01. The summed E-state index contributed by atoms with van der Waals surface area (Å²) < 4.78 is 7.45. The molecule has 7 rings (SSSR count). The first-order valence-corrected chi connectivity index (χ1v) is 14.5. The van der Waals surface area contributed by atoms with Crippen LogP contribution in [0, 0.1) is 24.2 Å². The number of aryl methyl sites for hydroxylation is 1. The molecular weight excluding hydrogens is 456 g/mol. The number of hydrogen-bond acceptors (Lipinski definition) is 4. The Morgan fingerprint density at radius 1 is 1.22 bits per heavy atom. The number of pyridine rings is 1. The predicted molar refractivity (Wildman–Crippen MR) is 148 cm³/mol. The van der Waals surface area contributed by atoms with Crippen LogP contribution in [-0.2, 0) is 4.74 Å². The van der Waals surface area contributed by atoms with Gasteiger partial charge in [0.25, 0.3) is 0 Å². The third-order valence-corrected chi connectivity index (χ3v) is 11.2. The molecule has 2 saturated heterocycles. The summed E-state index contributed by atoms with van der Waals surface area (Å²) in [6.07, 6.45) is 22.7. The molecule has 4 fully saturated rings. The lowest BCUT2D eigenvalue weighted by Gasteiger charge is -2.56. The van der Waals surface area contributed by atoms with E-state index in [1.165, 1.54) is 41.5 Å². The van der Waals surface area contributed by atoms with Gasteiger partial charge in [0.05, 0.1) is 16.8 Å². The minimum Gasteiger partial charge on any atom is -0.388 e. The first-order chi connectivity index (χ1) is 17.6. The SMILES string of the molecule is C=C(/C=C\c1ccncc1C)C1CC[C@@H]2C1(C)CC=C1C=C3CC[C@@H](N4CC(C)(O)C4)C[C@]34CC[C@@]12O4. The third kappa shape index (κ3) is 3.48. The molecule has 3 aliphatic heterocycles. The van der Waals surface area contributed by atoms with E-state index in [0.717, 1.165) is 45.2 Å². The maximum atomic E-state index is 10.3. The molecule has 0 aromatic carbocycles. The van der Waals surface area contributed by atoms with Crippen molar-refractivity contribution in [2.75, 3.05) is 13.1 Å². The summed E-state index contributed by atoms with van der Waals surface area (Å²) >= 11 is 0. The lowest BCUT2D eigenvalue weighted by Crippen LogP contribution is -2.65. The Morgan fingerprint density at radius 3 is 2.84 bits per heavy atom. The Kier molecular flexibility index (Phi) is 5.20. The minimum atomic E-state index is -0.509. The van der Waals surface area contributed by atoms with Gasteiger partial charge < -0.3 is 9.84 Å². The van der Waals surface area contributed by atoms with Crippen LogP contribution in [-0.4, -0.2) is 50.9 Å². The third-order valence-electron chi connectivity index (χ3n) is 11.2. The molecular formula is C33H42N2O2. The normalized spacial score (nSPS) is 41.9. The van der Waals surface area contributed by atoms with Crippen LogP contribution in [0.3, 0.4) is 0 Å². The molecule has 2 saturated carbocycles. The summed E-state index contributed by atoms with van der Waals surface area (Å²) in [7, 11) is 0. The highest BCUT2D eigenvalue weighted by molar-refractivity contribution is 5.56. The first kappa shape index (κ1) is 24.1. The summed E-state index contributed by atoms with van der Waals surface area (Å²) in [6.45, 7) is 12.8. The van der Waals surface area contributed by atoms with Crippen molar-refractivity contribution in [1.29, 1.82) is 0 Å². The molecule has 0 amide bonds. The number of nitrogens with zero attached hydrogens (tertiary/aromatic N) is 2. The van der Waals surface area contributed by atoms with Crippen molar-refractivity contribution in [2.45, 2.75) is 95.0 Å². The summed E-state index contributed by atoms with van der Waals surface area (Å²) in [4.78, 5) is 6.74. The zero-order chi connectivity index (χ0) is 25.6. The summed E-state index contributed by atoms with van der Waals surface area (Å²) in [5.74, 6) is 1.02. The molecule has 6 aliphatic rings. The molecule has 1 aromatic heterocycles. The lowest BCUT2D eigenvalue weighted by atomic mass is 9.58. The van der Waals surface area contributed by atoms with Crippen LogP contribution in [0.25, 0.3) is 6.08 Å². The fourth-order valence-electron chi connectivity index (χ4n) is 9.37. The largest absolute Gasteiger partial charge is 0.388 e. The minimum absolute atomic E-state index is 0.0895. The number of aliphatic hydroxyl groups is 1. The van der Waals surface area contributed by atoms with Gasteiger partial charge in [0.1, 0.15) is 0 Å². The number of ether oxygens (including phenoxy) is 1. The van der Waals surface area contributed by atoms with Gasteiger partial charge in [0.15, 0.2) is 0 Å². The average Bonchev–Trinajstić information content (AvgIpc) is 3.36. The molecule has 0 radical (unpaired) electrons. The Bertz CT molecular complexity index is 1230. The van der Waals surface area contributed by atoms with Gasteiger partial charge in [-0.2, -0.15) is 0 Å². The van der Waals surface area contributed by atoms with Crippen LogP contribution >= 0.6 is 0 Å². The van der Waals surface area contributed by atoms with E-state index in [4.69, 9.17) is 4.74 Å². The highest BCUT2D eigenvalue weighted by Crippen LogP contribution is 2.68. The molecule has 6 atom stereocenters. The molecule has 196 valence electrons. The maximum Gasteiger partial charge on any atom is 0.0974 e. The second-order valence-electron chi connectivity index (χ2n) is 13.6. The van der Waals surface area contributed by atoms with Crippen LogP contribution in [0.15, 0.2) is 60.0 Å². The predicted octanol–water partition coefficient (Wildman–Crippen LogP) is 6.17. The van der Waals surface area contributed by atoms with Gasteiger partial charge in [-0.1, -0.05) is 43.4 Å². The second kappa shape index (κ2) is 8.00. The zero-order valence-corrected chi connectivity index (χ0v) is 22.8. The molecule has 1 aromatic rings. The zero-order valence-electron chi connectivity index (χ0n) is 22.8. The van der Waals surface area contributed by atoms with E-state index in [1.807, 2.05) is 19.3 Å². The number of β-amino-alcohol motifs (C(OH)–C–C–N with tert-alkyl or cyclic N) is 1. The van der Waals surface area contributed by atoms with Crippen molar-refractivity contribution in [1.82, 2.24) is 9.88 Å². The smallest absolute Gasteiger partial charge is 0.0974 e. The van der Waals surface area contributed by atoms with Crippen LogP contribution in [0.1, 0.15) is 76.3 Å². The van der Waals surface area contributed by atoms with Gasteiger partial charge in [-0.05, 0) is 111 Å². The van der Waals surface area contributed by atoms with Gasteiger partial charge in [-0.15, -0.1) is 0 Å². The quantitative estimate of drug-likeness (QED) is 0.505. The van der Waals surface area contributed by atoms with E-state index in [-0.39, 0.29) is 16.6 Å². The number of rotatable bonds is 4. The van der Waals surface area contributed by atoms with E-state index in [2.05, 4.69) is 60.7 Å². The van der Waals surface area contributed by atoms with Crippen LogP contribution in [0.4, 0.5) is 0 Å². The summed E-state index contributed by atoms with van der Waals surface area (Å²) in [5, 5.41) is 10.3. The Labute approximate surface area is 222 Å². The molecule has 2 spiro atoms. The van der Waals surface area contributed by atoms with Crippen molar-refractivity contribution >= 4 is 6.08 Å². The number of likely N-dealkylation sites (tertiary alicyclic amines) is 1. The molecule has 4 nitrogen and oxygen atoms in total. The van der Waals surface area contributed by atoms with Crippen molar-refractivity contribution in [3.63, 3.8) is 0 Å². The van der Waals surface area contributed by atoms with E-state index in [0.29, 0.717) is 17.9 Å². The standard InChI is InChI=1S/C33H42N2O2/c1-22(5-6-24-12-16-34-19-23(24)2)28-9-10-29-31(28,4)13-11-26-17-25-7-8-27(35-20-30(3,36)21-35)18-32(25)14-15-33(26,29)37-32/h5-6,11-12,16-17,19,27-29,36H,1,7-10,13-15,18,20-21H2,2-4H3/b6-5-/t27-,28?,29-,31?,32-,33-/m1/s1. The number of aromatic nitrogens is 1.